The third-order valence-electron chi connectivity index (χ3n) is 4.72. The topological polar surface area (TPSA) is 57.7 Å². The number of nitrogens with zero attached hydrogens (tertiary/aromatic N) is 2. The number of carbonyl (C=O) groups is 3. The van der Waals surface area contributed by atoms with Crippen LogP contribution in [0.2, 0.25) is 10.0 Å². The molecule has 8 heteroatoms. The summed E-state index contributed by atoms with van der Waals surface area (Å²) in [6.07, 6.45) is 1.63. The summed E-state index contributed by atoms with van der Waals surface area (Å²) in [4.78, 5) is 40.8. The van der Waals surface area contributed by atoms with E-state index in [0.717, 1.165) is 16.7 Å². The molecule has 0 saturated carbocycles. The summed E-state index contributed by atoms with van der Waals surface area (Å²) in [5.74, 6) is -0.486. The van der Waals surface area contributed by atoms with Crippen molar-refractivity contribution < 1.29 is 14.4 Å². The first-order valence-corrected chi connectivity index (χ1v) is 10.8. The van der Waals surface area contributed by atoms with Crippen LogP contribution in [0, 0.1) is 0 Å². The highest BCUT2D eigenvalue weighted by molar-refractivity contribution is 8.18. The molecule has 1 saturated heterocycles. The van der Waals surface area contributed by atoms with Crippen molar-refractivity contribution in [1.29, 1.82) is 0 Å². The van der Waals surface area contributed by atoms with Gasteiger partial charge >= 0.3 is 0 Å². The molecule has 5 nitrogen and oxygen atoms in total. The second-order valence-corrected chi connectivity index (χ2v) is 8.96. The normalized spacial score (nSPS) is 15.4. The molecule has 0 bridgehead atoms. The number of thioether (sulfide) groups is 1. The van der Waals surface area contributed by atoms with Crippen LogP contribution in [0.25, 0.3) is 6.08 Å². The highest BCUT2D eigenvalue weighted by Gasteiger charge is 2.35. The van der Waals surface area contributed by atoms with Crippen molar-refractivity contribution in [3.8, 4) is 0 Å². The zero-order valence-corrected chi connectivity index (χ0v) is 19.0. The first kappa shape index (κ1) is 22.4. The molecule has 1 aliphatic rings. The van der Waals surface area contributed by atoms with Gasteiger partial charge in [-0.3, -0.25) is 19.3 Å². The molecule has 0 atom stereocenters. The van der Waals surface area contributed by atoms with Gasteiger partial charge in [-0.25, -0.2) is 0 Å². The predicted molar refractivity (Wildman–Crippen MR) is 122 cm³/mol. The average Bonchev–Trinajstić information content (AvgIpc) is 2.97. The fourth-order valence-corrected chi connectivity index (χ4v) is 3.97. The summed E-state index contributed by atoms with van der Waals surface area (Å²) in [5.41, 5.74) is 1.91. The van der Waals surface area contributed by atoms with Gasteiger partial charge in [0.1, 0.15) is 0 Å². The number of halogens is 2. The minimum absolute atomic E-state index is 0.0685. The molecule has 1 aliphatic heterocycles. The van der Waals surface area contributed by atoms with Gasteiger partial charge in [-0.2, -0.15) is 0 Å². The van der Waals surface area contributed by atoms with Crippen molar-refractivity contribution in [2.24, 2.45) is 0 Å². The molecular weight excluding hydrogens is 443 g/mol. The average molecular weight is 463 g/mol. The van der Waals surface area contributed by atoms with E-state index in [4.69, 9.17) is 23.2 Å². The van der Waals surface area contributed by atoms with Crippen molar-refractivity contribution >= 4 is 58.1 Å². The van der Waals surface area contributed by atoms with Crippen molar-refractivity contribution in [3.63, 3.8) is 0 Å². The van der Waals surface area contributed by atoms with Crippen LogP contribution in [0.4, 0.5) is 4.79 Å². The first-order valence-electron chi connectivity index (χ1n) is 9.24. The Hall–Kier alpha value is -2.28. The third-order valence-corrected chi connectivity index (χ3v) is 6.37. The van der Waals surface area contributed by atoms with Crippen LogP contribution in [-0.4, -0.2) is 39.9 Å². The van der Waals surface area contributed by atoms with Gasteiger partial charge in [0.2, 0.25) is 0 Å². The Morgan fingerprint density at radius 1 is 1.13 bits per heavy atom. The number of imide groups is 1. The molecule has 3 amide bonds. The Balaban J connectivity index is 1.81. The van der Waals surface area contributed by atoms with E-state index in [1.54, 1.807) is 60.5 Å². The lowest BCUT2D eigenvalue weighted by Crippen LogP contribution is -2.32. The highest BCUT2D eigenvalue weighted by Crippen LogP contribution is 2.34. The second-order valence-electron chi connectivity index (χ2n) is 7.15. The quantitative estimate of drug-likeness (QED) is 0.533. The fourth-order valence-electron chi connectivity index (χ4n) is 2.81. The largest absolute Gasteiger partial charge is 0.339 e. The molecule has 0 N–H and O–H groups in total. The Bertz CT molecular complexity index is 1050. The Morgan fingerprint density at radius 3 is 2.53 bits per heavy atom. The second kappa shape index (κ2) is 9.25. The molecule has 0 spiro atoms. The van der Waals surface area contributed by atoms with Crippen molar-refractivity contribution in [3.05, 3.63) is 74.1 Å². The summed E-state index contributed by atoms with van der Waals surface area (Å²) in [6.45, 7) is 3.98. The van der Waals surface area contributed by atoms with Gasteiger partial charge in [0.15, 0.2) is 0 Å². The standard InChI is InChI=1S/C22H20Cl2N2O3S/c1-13(2)25(3)20(27)16-6-4-5-14(9-16)11-19-21(28)26(22(29)30-19)12-15-7-8-17(23)18(24)10-15/h4-11,13H,12H2,1-3H3. The van der Waals surface area contributed by atoms with Gasteiger partial charge in [0.05, 0.1) is 21.5 Å². The van der Waals surface area contributed by atoms with Gasteiger partial charge in [0.25, 0.3) is 17.1 Å². The molecule has 2 aromatic carbocycles. The lowest BCUT2D eigenvalue weighted by atomic mass is 10.1. The minimum atomic E-state index is -0.382. The maximum Gasteiger partial charge on any atom is 0.293 e. The molecule has 3 rings (SSSR count). The summed E-state index contributed by atoms with van der Waals surface area (Å²) in [7, 11) is 1.74. The Labute approximate surface area is 189 Å². The molecular formula is C22H20Cl2N2O3S. The van der Waals surface area contributed by atoms with Crippen LogP contribution in [0.3, 0.4) is 0 Å². The zero-order chi connectivity index (χ0) is 22.0. The van der Waals surface area contributed by atoms with Crippen LogP contribution in [-0.2, 0) is 11.3 Å². The van der Waals surface area contributed by atoms with E-state index in [1.807, 2.05) is 13.8 Å². The highest BCUT2D eigenvalue weighted by atomic mass is 35.5. The molecule has 0 aromatic heterocycles. The number of hydrogen-bond donors (Lipinski definition) is 0. The van der Waals surface area contributed by atoms with E-state index < -0.39 is 0 Å². The van der Waals surface area contributed by atoms with Crippen LogP contribution < -0.4 is 0 Å². The van der Waals surface area contributed by atoms with E-state index in [2.05, 4.69) is 0 Å². The Morgan fingerprint density at radius 2 is 1.87 bits per heavy atom. The third kappa shape index (κ3) is 4.89. The zero-order valence-electron chi connectivity index (χ0n) is 16.7. The summed E-state index contributed by atoms with van der Waals surface area (Å²) in [6, 6.07) is 12.1. The minimum Gasteiger partial charge on any atom is -0.339 e. The lowest BCUT2D eigenvalue weighted by molar-refractivity contribution is -0.123. The van der Waals surface area contributed by atoms with E-state index in [-0.39, 0.29) is 29.6 Å². The molecule has 156 valence electrons. The molecule has 30 heavy (non-hydrogen) atoms. The molecule has 0 radical (unpaired) electrons. The fraction of sp³-hybridized carbons (Fsp3) is 0.227. The van der Waals surface area contributed by atoms with E-state index in [0.29, 0.717) is 31.6 Å². The summed E-state index contributed by atoms with van der Waals surface area (Å²) >= 11 is 12.8. The van der Waals surface area contributed by atoms with Gasteiger partial charge in [0, 0.05) is 18.7 Å². The lowest BCUT2D eigenvalue weighted by Gasteiger charge is -2.21. The van der Waals surface area contributed by atoms with Crippen molar-refractivity contribution in [1.82, 2.24) is 9.80 Å². The molecule has 1 heterocycles. The maximum atomic E-state index is 12.8. The van der Waals surface area contributed by atoms with Crippen LogP contribution >= 0.6 is 35.0 Å². The van der Waals surface area contributed by atoms with Crippen molar-refractivity contribution in [2.45, 2.75) is 26.4 Å². The molecule has 0 unspecified atom stereocenters. The number of amides is 3. The Kier molecular flexibility index (Phi) is 6.91. The number of hydrogen-bond acceptors (Lipinski definition) is 4. The van der Waals surface area contributed by atoms with Crippen molar-refractivity contribution in [2.75, 3.05) is 7.05 Å². The summed E-state index contributed by atoms with van der Waals surface area (Å²) < 4.78 is 0. The van der Waals surface area contributed by atoms with Gasteiger partial charge < -0.3 is 4.90 Å². The maximum absolute atomic E-state index is 12.8. The first-order chi connectivity index (χ1) is 14.2. The van der Waals surface area contributed by atoms with Gasteiger partial charge in [-0.15, -0.1) is 0 Å². The number of carbonyl (C=O) groups excluding carboxylic acids is 3. The van der Waals surface area contributed by atoms with Crippen LogP contribution in [0.1, 0.15) is 35.3 Å². The van der Waals surface area contributed by atoms with E-state index >= 15 is 0 Å². The summed E-state index contributed by atoms with van der Waals surface area (Å²) in [5, 5.41) is 0.417. The number of benzene rings is 2. The van der Waals surface area contributed by atoms with Gasteiger partial charge in [-0.1, -0.05) is 41.4 Å². The molecule has 0 aliphatic carbocycles. The van der Waals surface area contributed by atoms with Crippen LogP contribution in [0.15, 0.2) is 47.4 Å². The predicted octanol–water partition coefficient (Wildman–Crippen LogP) is 5.71. The van der Waals surface area contributed by atoms with Gasteiger partial charge in [-0.05, 0) is 67.1 Å². The molecule has 2 aromatic rings. The molecule has 1 fully saturated rings. The van der Waals surface area contributed by atoms with Crippen LogP contribution in [0.5, 0.6) is 0 Å². The smallest absolute Gasteiger partial charge is 0.293 e. The monoisotopic (exact) mass is 462 g/mol. The van der Waals surface area contributed by atoms with E-state index in [1.165, 1.54) is 0 Å². The number of rotatable bonds is 5. The SMILES string of the molecule is CC(C)N(C)C(=O)c1cccc(C=C2SC(=O)N(Cc3ccc(Cl)c(Cl)c3)C2=O)c1. The van der Waals surface area contributed by atoms with E-state index in [9.17, 15) is 14.4 Å².